The molecule has 5 rings (SSSR count). The lowest BCUT2D eigenvalue weighted by Crippen LogP contribution is -2.45. The number of likely N-dealkylation sites (tertiary alicyclic amines) is 1. The van der Waals surface area contributed by atoms with E-state index in [2.05, 4.69) is 10.2 Å². The fourth-order valence-electron chi connectivity index (χ4n) is 4.48. The van der Waals surface area contributed by atoms with Gasteiger partial charge in [-0.05, 0) is 61.4 Å². The van der Waals surface area contributed by atoms with Crippen LogP contribution in [0.3, 0.4) is 0 Å². The molecule has 8 heteroatoms. The van der Waals surface area contributed by atoms with Gasteiger partial charge < -0.3 is 4.90 Å². The number of piperidine rings is 1. The zero-order valence-electron chi connectivity index (χ0n) is 17.2. The number of nitrogens with zero attached hydrogens (tertiary/aromatic N) is 5. The second-order valence-corrected chi connectivity index (χ2v) is 8.49. The van der Waals surface area contributed by atoms with Crippen molar-refractivity contribution in [1.29, 1.82) is 0 Å². The van der Waals surface area contributed by atoms with Gasteiger partial charge in [0.1, 0.15) is 5.82 Å². The molecular weight excluding hydrogens is 397 g/mol. The molecule has 0 spiro atoms. The molecule has 31 heavy (non-hydrogen) atoms. The lowest BCUT2D eigenvalue weighted by atomic mass is 9.91. The molecule has 0 bridgehead atoms. The molecule has 2 aliphatic rings. The van der Waals surface area contributed by atoms with Crippen LogP contribution in [-0.2, 0) is 16.8 Å². The van der Waals surface area contributed by atoms with Gasteiger partial charge in [0.15, 0.2) is 5.82 Å². The van der Waals surface area contributed by atoms with Gasteiger partial charge in [0.25, 0.3) is 5.56 Å². The van der Waals surface area contributed by atoms with Gasteiger partial charge in [-0.2, -0.15) is 5.10 Å². The lowest BCUT2D eigenvalue weighted by molar-refractivity contribution is -0.135. The Hall–Kier alpha value is -3.29. The van der Waals surface area contributed by atoms with E-state index in [9.17, 15) is 14.0 Å². The molecule has 1 saturated heterocycles. The molecule has 2 aromatic heterocycles. The van der Waals surface area contributed by atoms with Crippen molar-refractivity contribution < 1.29 is 9.18 Å². The van der Waals surface area contributed by atoms with E-state index >= 15 is 0 Å². The number of hydrogen-bond donors (Lipinski definition) is 0. The first-order valence-corrected chi connectivity index (χ1v) is 10.7. The summed E-state index contributed by atoms with van der Waals surface area (Å²) in [6.07, 6.45) is 6.74. The zero-order chi connectivity index (χ0) is 21.4. The van der Waals surface area contributed by atoms with E-state index in [1.54, 1.807) is 35.3 Å². The minimum absolute atomic E-state index is 0.136. The van der Waals surface area contributed by atoms with Crippen LogP contribution in [0.2, 0.25) is 0 Å². The predicted octanol–water partition coefficient (Wildman–Crippen LogP) is 2.54. The van der Waals surface area contributed by atoms with Crippen LogP contribution >= 0.6 is 0 Å². The third-order valence-electron chi connectivity index (χ3n) is 6.48. The van der Waals surface area contributed by atoms with Gasteiger partial charge >= 0.3 is 0 Å². The number of aromatic nitrogens is 4. The summed E-state index contributed by atoms with van der Waals surface area (Å²) in [5, 5.41) is 8.62. The van der Waals surface area contributed by atoms with E-state index < -0.39 is 5.41 Å². The maximum Gasteiger partial charge on any atom is 0.266 e. The van der Waals surface area contributed by atoms with Crippen molar-refractivity contribution in [3.63, 3.8) is 0 Å². The van der Waals surface area contributed by atoms with Crippen LogP contribution in [0, 0.1) is 11.7 Å². The highest BCUT2D eigenvalue weighted by atomic mass is 19.1. The van der Waals surface area contributed by atoms with Crippen molar-refractivity contribution in [2.45, 2.75) is 37.6 Å². The minimum atomic E-state index is -0.475. The molecule has 3 heterocycles. The highest BCUT2D eigenvalue weighted by Gasteiger charge is 2.53. The minimum Gasteiger partial charge on any atom is -0.342 e. The van der Waals surface area contributed by atoms with Crippen molar-refractivity contribution in [2.75, 3.05) is 13.1 Å². The maximum absolute atomic E-state index is 13.3. The van der Waals surface area contributed by atoms with Crippen LogP contribution in [0.1, 0.15) is 31.2 Å². The molecule has 3 aromatic rings. The fourth-order valence-corrected chi connectivity index (χ4v) is 4.48. The number of amides is 1. The molecular formula is C23H24FN5O2. The zero-order valence-corrected chi connectivity index (χ0v) is 17.2. The largest absolute Gasteiger partial charge is 0.342 e. The van der Waals surface area contributed by atoms with E-state index in [4.69, 9.17) is 0 Å². The Kier molecular flexibility index (Phi) is 4.92. The number of carbonyl (C=O) groups is 1. The van der Waals surface area contributed by atoms with Crippen molar-refractivity contribution in [3.8, 4) is 5.82 Å². The Labute approximate surface area is 179 Å². The Balaban J connectivity index is 1.23. The van der Waals surface area contributed by atoms with Gasteiger partial charge in [0, 0.05) is 38.1 Å². The molecule has 1 aliphatic heterocycles. The van der Waals surface area contributed by atoms with Crippen LogP contribution in [0.15, 0.2) is 59.7 Å². The third-order valence-corrected chi connectivity index (χ3v) is 6.48. The van der Waals surface area contributed by atoms with E-state index in [0.29, 0.717) is 25.5 Å². The summed E-state index contributed by atoms with van der Waals surface area (Å²) in [6.45, 7) is 1.86. The highest BCUT2D eigenvalue weighted by Crippen LogP contribution is 2.50. The first kappa shape index (κ1) is 19.7. The molecule has 1 amide bonds. The molecule has 0 radical (unpaired) electrons. The molecule has 1 aromatic carbocycles. The first-order valence-electron chi connectivity index (χ1n) is 10.7. The monoisotopic (exact) mass is 421 g/mol. The summed E-state index contributed by atoms with van der Waals surface area (Å²) in [7, 11) is 0. The Bertz CT molecular complexity index is 1130. The summed E-state index contributed by atoms with van der Waals surface area (Å²) in [4.78, 5) is 27.4. The third kappa shape index (κ3) is 3.78. The molecule has 1 saturated carbocycles. The fraction of sp³-hybridized carbons (Fsp3) is 0.391. The summed E-state index contributed by atoms with van der Waals surface area (Å²) < 4.78 is 16.4. The number of rotatable bonds is 5. The molecule has 0 atom stereocenters. The summed E-state index contributed by atoms with van der Waals surface area (Å²) in [6, 6.07) is 11.3. The van der Waals surface area contributed by atoms with E-state index in [1.807, 2.05) is 11.0 Å². The van der Waals surface area contributed by atoms with Gasteiger partial charge in [0.05, 0.1) is 5.41 Å². The lowest BCUT2D eigenvalue weighted by Gasteiger charge is -2.34. The Morgan fingerprint density at radius 1 is 1.10 bits per heavy atom. The second-order valence-electron chi connectivity index (χ2n) is 8.49. The van der Waals surface area contributed by atoms with E-state index in [0.717, 1.165) is 31.2 Å². The first-order chi connectivity index (χ1) is 15.0. The number of benzene rings is 1. The molecule has 2 fully saturated rings. The number of hydrogen-bond acceptors (Lipinski definition) is 4. The van der Waals surface area contributed by atoms with E-state index in [-0.39, 0.29) is 23.2 Å². The molecule has 0 unspecified atom stereocenters. The quantitative estimate of drug-likeness (QED) is 0.635. The van der Waals surface area contributed by atoms with Gasteiger partial charge in [-0.25, -0.2) is 13.8 Å². The topological polar surface area (TPSA) is 73.0 Å². The smallest absolute Gasteiger partial charge is 0.266 e. The molecule has 1 aliphatic carbocycles. The molecule has 0 N–H and O–H groups in total. The average molecular weight is 421 g/mol. The molecule has 160 valence electrons. The van der Waals surface area contributed by atoms with Gasteiger partial charge in [-0.3, -0.25) is 9.59 Å². The summed E-state index contributed by atoms with van der Waals surface area (Å²) in [5.74, 6) is 0.747. The maximum atomic E-state index is 13.3. The Morgan fingerprint density at radius 3 is 2.48 bits per heavy atom. The van der Waals surface area contributed by atoms with Crippen LogP contribution in [0.25, 0.3) is 5.82 Å². The average Bonchev–Trinajstić information content (AvgIpc) is 3.41. The van der Waals surface area contributed by atoms with Crippen LogP contribution < -0.4 is 5.56 Å². The SMILES string of the molecule is O=C(N1CCC(Cn2nc(-n3cccn3)ccc2=O)CC1)C1(c2ccc(F)cc2)CC1. The van der Waals surface area contributed by atoms with Crippen molar-refractivity contribution in [1.82, 2.24) is 24.5 Å². The van der Waals surface area contributed by atoms with Gasteiger partial charge in [0.2, 0.25) is 5.91 Å². The predicted molar refractivity (Wildman–Crippen MR) is 112 cm³/mol. The van der Waals surface area contributed by atoms with E-state index in [1.165, 1.54) is 22.9 Å². The van der Waals surface area contributed by atoms with Crippen molar-refractivity contribution >= 4 is 5.91 Å². The number of halogens is 1. The summed E-state index contributed by atoms with van der Waals surface area (Å²) >= 11 is 0. The second kappa shape index (κ2) is 7.76. The van der Waals surface area contributed by atoms with Crippen molar-refractivity contribution in [3.05, 3.63) is 76.6 Å². The number of carbonyl (C=O) groups excluding carboxylic acids is 1. The normalized spacial score (nSPS) is 18.2. The van der Waals surface area contributed by atoms with Crippen LogP contribution in [-0.4, -0.2) is 43.5 Å². The standard InChI is InChI=1S/C23H24FN5O2/c24-19-4-2-18(3-5-19)23(10-11-23)22(31)27-14-8-17(9-15-27)16-29-21(30)7-6-20(26-29)28-13-1-12-25-28/h1-7,12-13,17H,8-11,14-16H2. The molecule has 7 nitrogen and oxygen atoms in total. The van der Waals surface area contributed by atoms with Gasteiger partial charge in [-0.15, -0.1) is 5.10 Å². The van der Waals surface area contributed by atoms with Crippen molar-refractivity contribution in [2.24, 2.45) is 5.92 Å². The van der Waals surface area contributed by atoms with Gasteiger partial charge in [-0.1, -0.05) is 12.1 Å². The van der Waals surface area contributed by atoms with Crippen LogP contribution in [0.4, 0.5) is 4.39 Å². The Morgan fingerprint density at radius 2 is 1.84 bits per heavy atom. The van der Waals surface area contributed by atoms with Crippen LogP contribution in [0.5, 0.6) is 0 Å². The summed E-state index contributed by atoms with van der Waals surface area (Å²) in [5.41, 5.74) is 0.298. The highest BCUT2D eigenvalue weighted by molar-refractivity contribution is 5.91.